The quantitative estimate of drug-likeness (QED) is 0.692. The molecule has 1 aromatic rings. The van der Waals surface area contributed by atoms with Crippen molar-refractivity contribution in [2.75, 3.05) is 0 Å². The third-order valence-electron chi connectivity index (χ3n) is 1.23. The molecule has 0 saturated carbocycles. The van der Waals surface area contributed by atoms with Crippen molar-refractivity contribution >= 4 is 24.7 Å². The van der Waals surface area contributed by atoms with Crippen molar-refractivity contribution in [3.63, 3.8) is 0 Å². The first-order valence-corrected chi connectivity index (χ1v) is 6.77. The molecule has 0 heterocycles. The predicted octanol–water partition coefficient (Wildman–Crippen LogP) is 1.59. The summed E-state index contributed by atoms with van der Waals surface area (Å²) in [5.41, 5.74) is 0. The molecule has 0 nitrogen and oxygen atoms in total. The fourth-order valence-corrected chi connectivity index (χ4v) is 3.09. The van der Waals surface area contributed by atoms with Crippen molar-refractivity contribution < 1.29 is 4.39 Å². The minimum absolute atomic E-state index is 0.126. The second kappa shape index (κ2) is 3.96. The molecular weight excluding hydrogens is 234 g/mol. The average molecular weight is 243 g/mol. The Kier molecular flexibility index (Phi) is 3.19. The van der Waals surface area contributed by atoms with Crippen LogP contribution in [-0.4, -0.2) is 21.1 Å². The van der Waals surface area contributed by atoms with Crippen molar-refractivity contribution in [1.82, 2.24) is 0 Å². The monoisotopic (exact) mass is 244 g/mol. The van der Waals surface area contributed by atoms with E-state index in [1.165, 1.54) is 8.02 Å². The molecule has 0 aliphatic heterocycles. The Morgan fingerprint density at radius 1 is 1.30 bits per heavy atom. The molecule has 0 aliphatic carbocycles. The van der Waals surface area contributed by atoms with E-state index in [2.05, 4.69) is 6.92 Å². The van der Waals surface area contributed by atoms with E-state index >= 15 is 0 Å². The molecule has 52 valence electrons. The van der Waals surface area contributed by atoms with E-state index in [1.54, 1.807) is 12.1 Å². The van der Waals surface area contributed by atoms with E-state index in [0.717, 1.165) is 0 Å². The summed E-state index contributed by atoms with van der Waals surface area (Å²) in [5, 5.41) is 0. The summed E-state index contributed by atoms with van der Waals surface area (Å²) in [4.78, 5) is 0. The molecular formula is C8H9FSn. The third-order valence-corrected chi connectivity index (χ3v) is 4.35. The van der Waals surface area contributed by atoms with Crippen LogP contribution in [0.5, 0.6) is 0 Å². The number of halogens is 1. The van der Waals surface area contributed by atoms with Gasteiger partial charge in [0, 0.05) is 0 Å². The van der Waals surface area contributed by atoms with Crippen LogP contribution in [0.1, 0.15) is 6.92 Å². The predicted molar refractivity (Wildman–Crippen MR) is 42.3 cm³/mol. The zero-order valence-corrected chi connectivity index (χ0v) is 8.75. The molecule has 0 bridgehead atoms. The summed E-state index contributed by atoms with van der Waals surface area (Å²) >= 11 is -0.336. The summed E-state index contributed by atoms with van der Waals surface area (Å²) in [7, 11) is 0. The van der Waals surface area contributed by atoms with Gasteiger partial charge in [0.05, 0.1) is 0 Å². The molecule has 0 unspecified atom stereocenters. The molecule has 0 aromatic heterocycles. The summed E-state index contributed by atoms with van der Waals surface area (Å²) < 4.78 is 15.0. The molecule has 0 aliphatic rings. The second-order valence-corrected chi connectivity index (χ2v) is 6.71. The van der Waals surface area contributed by atoms with Crippen LogP contribution in [0.25, 0.3) is 0 Å². The van der Waals surface area contributed by atoms with Gasteiger partial charge in [0.2, 0.25) is 0 Å². The Morgan fingerprint density at radius 2 is 1.90 bits per heavy atom. The Balaban J connectivity index is 2.69. The van der Waals surface area contributed by atoms with Crippen LogP contribution in [0.15, 0.2) is 24.3 Å². The summed E-state index contributed by atoms with van der Waals surface area (Å²) in [6.07, 6.45) is 0. The second-order valence-electron chi connectivity index (χ2n) is 2.04. The van der Waals surface area contributed by atoms with Crippen LogP contribution in [0.4, 0.5) is 4.39 Å². The number of hydrogen-bond acceptors (Lipinski definition) is 0. The maximum atomic E-state index is 12.3. The van der Waals surface area contributed by atoms with Gasteiger partial charge in [-0.1, -0.05) is 0 Å². The Hall–Kier alpha value is -0.0513. The molecule has 2 radical (unpaired) electrons. The first kappa shape index (κ1) is 8.05. The van der Waals surface area contributed by atoms with Crippen LogP contribution in [0.3, 0.4) is 0 Å². The molecule has 0 spiro atoms. The first-order valence-electron chi connectivity index (χ1n) is 3.32. The Morgan fingerprint density at radius 3 is 2.40 bits per heavy atom. The molecule has 0 N–H and O–H groups in total. The van der Waals surface area contributed by atoms with E-state index in [0.29, 0.717) is 0 Å². The first-order chi connectivity index (χ1) is 4.83. The van der Waals surface area contributed by atoms with Gasteiger partial charge in [-0.2, -0.15) is 0 Å². The molecule has 1 aromatic carbocycles. The van der Waals surface area contributed by atoms with E-state index < -0.39 is 0 Å². The molecule has 1 rings (SSSR count). The summed E-state index contributed by atoms with van der Waals surface area (Å²) in [6, 6.07) is 6.91. The van der Waals surface area contributed by atoms with Crippen LogP contribution in [0.2, 0.25) is 4.44 Å². The molecule has 0 fully saturated rings. The Bertz CT molecular complexity index is 193. The van der Waals surface area contributed by atoms with Crippen LogP contribution >= 0.6 is 0 Å². The van der Waals surface area contributed by atoms with Gasteiger partial charge in [-0.05, 0) is 0 Å². The average Bonchev–Trinajstić information content (AvgIpc) is 1.95. The number of rotatable bonds is 2. The standard InChI is InChI=1S/C6H4F.C2H5.Sn/c7-6-4-2-1-3-5-6;1-2;/h2-5H;1H2,2H3;. The van der Waals surface area contributed by atoms with Gasteiger partial charge in [-0.25, -0.2) is 0 Å². The maximum absolute atomic E-state index is 12.3. The van der Waals surface area contributed by atoms with Gasteiger partial charge >= 0.3 is 70.6 Å². The van der Waals surface area contributed by atoms with Crippen LogP contribution in [0, 0.1) is 5.82 Å². The molecule has 0 atom stereocenters. The molecule has 10 heavy (non-hydrogen) atoms. The zero-order chi connectivity index (χ0) is 7.40. The van der Waals surface area contributed by atoms with Crippen molar-refractivity contribution in [2.45, 2.75) is 11.4 Å². The van der Waals surface area contributed by atoms with Gasteiger partial charge in [0.15, 0.2) is 0 Å². The third kappa shape index (κ3) is 2.29. The fraction of sp³-hybridized carbons (Fsp3) is 0.250. The topological polar surface area (TPSA) is 0 Å². The van der Waals surface area contributed by atoms with Gasteiger partial charge in [0.1, 0.15) is 0 Å². The van der Waals surface area contributed by atoms with Crippen molar-refractivity contribution in [2.24, 2.45) is 0 Å². The normalized spacial score (nSPS) is 9.80. The number of benzene rings is 1. The van der Waals surface area contributed by atoms with E-state index in [-0.39, 0.29) is 27.0 Å². The van der Waals surface area contributed by atoms with Gasteiger partial charge in [-0.15, -0.1) is 0 Å². The molecule has 0 amide bonds. The van der Waals surface area contributed by atoms with Crippen LogP contribution < -0.4 is 3.58 Å². The summed E-state index contributed by atoms with van der Waals surface area (Å²) in [5.74, 6) is -0.126. The van der Waals surface area contributed by atoms with E-state index in [4.69, 9.17) is 0 Å². The van der Waals surface area contributed by atoms with E-state index in [9.17, 15) is 4.39 Å². The SMILES string of the molecule is C[CH2][Sn][c]1ccc(F)cc1. The van der Waals surface area contributed by atoms with Gasteiger partial charge in [-0.3, -0.25) is 0 Å². The van der Waals surface area contributed by atoms with Crippen LogP contribution in [-0.2, 0) is 0 Å². The molecule has 2 heteroatoms. The fourth-order valence-electron chi connectivity index (χ4n) is 0.772. The Labute approximate surface area is 70.7 Å². The zero-order valence-electron chi connectivity index (χ0n) is 5.89. The number of hydrogen-bond donors (Lipinski definition) is 0. The van der Waals surface area contributed by atoms with Gasteiger partial charge in [0.25, 0.3) is 0 Å². The molecule has 0 saturated heterocycles. The van der Waals surface area contributed by atoms with Crippen molar-refractivity contribution in [3.05, 3.63) is 30.1 Å². The van der Waals surface area contributed by atoms with Crippen molar-refractivity contribution in [1.29, 1.82) is 0 Å². The van der Waals surface area contributed by atoms with Gasteiger partial charge < -0.3 is 0 Å². The van der Waals surface area contributed by atoms with Crippen molar-refractivity contribution in [3.8, 4) is 0 Å². The summed E-state index contributed by atoms with van der Waals surface area (Å²) in [6.45, 7) is 2.19. The van der Waals surface area contributed by atoms with E-state index in [1.807, 2.05) is 12.1 Å². The minimum atomic E-state index is -0.336.